The summed E-state index contributed by atoms with van der Waals surface area (Å²) in [5.74, 6) is -0.864. The Balaban J connectivity index is 0.823. The fourth-order valence-electron chi connectivity index (χ4n) is 12.5. The number of rotatable bonds is 16. The second-order valence-electron chi connectivity index (χ2n) is 23.3. The smallest absolute Gasteiger partial charge is 0.246 e. The maximum atomic E-state index is 14.7. The first-order valence-corrected chi connectivity index (χ1v) is 30.3. The van der Waals surface area contributed by atoms with Gasteiger partial charge >= 0.3 is 0 Å². The number of thioether (sulfide) groups is 2. The van der Waals surface area contributed by atoms with Gasteiger partial charge in [-0.05, 0) is 122 Å². The molecule has 8 N–H and O–H groups in total. The van der Waals surface area contributed by atoms with Crippen LogP contribution in [-0.4, -0.2) is 128 Å². The zero-order chi connectivity index (χ0) is 55.8. The lowest BCUT2D eigenvalue weighted by molar-refractivity contribution is -0.143. The van der Waals surface area contributed by atoms with Crippen LogP contribution in [0, 0.1) is 22.7 Å². The van der Waals surface area contributed by atoms with Gasteiger partial charge in [0, 0.05) is 13.1 Å². The SMILES string of the molecule is CN[C@@H](C)C(=S)N[C@H]1CCSC2CC(C)(C)[C@@H](C(=O)N[C@H]3c4ccccc4C[C@H]3C(=O)NCc3ccc(CNC(=O)[C@@H]4Cc5ccccc5[C@@H]4NC(=O)[C@H]4N5C(=O)[C@@H](NC(=S)[C@H](C)NC)CCSC5CC4(C)C)cc3)N2C1=O. The van der Waals surface area contributed by atoms with Crippen molar-refractivity contribution >= 4 is 93.4 Å². The van der Waals surface area contributed by atoms with Crippen molar-refractivity contribution in [2.75, 3.05) is 25.6 Å². The van der Waals surface area contributed by atoms with E-state index in [4.69, 9.17) is 24.4 Å². The van der Waals surface area contributed by atoms with Gasteiger partial charge in [-0.2, -0.15) is 0 Å². The average Bonchev–Trinajstić information content (AvgIpc) is 4.19. The summed E-state index contributed by atoms with van der Waals surface area (Å²) in [6.07, 6.45) is 3.41. The second-order valence-corrected chi connectivity index (χ2v) is 26.7. The van der Waals surface area contributed by atoms with Gasteiger partial charge in [0.15, 0.2) is 0 Å². The maximum Gasteiger partial charge on any atom is 0.246 e. The molecule has 4 fully saturated rings. The molecular weight excluding hydrogens is 1060 g/mol. The van der Waals surface area contributed by atoms with Crippen LogP contribution in [-0.2, 0) is 54.7 Å². The molecule has 78 heavy (non-hydrogen) atoms. The van der Waals surface area contributed by atoms with E-state index in [-0.39, 0.29) is 71.4 Å². The van der Waals surface area contributed by atoms with Gasteiger partial charge in [0.2, 0.25) is 35.4 Å². The van der Waals surface area contributed by atoms with Crippen LogP contribution >= 0.6 is 48.0 Å². The topological polar surface area (TPSA) is 205 Å². The van der Waals surface area contributed by atoms with Crippen LogP contribution in [0.1, 0.15) is 113 Å². The van der Waals surface area contributed by atoms with E-state index in [0.29, 0.717) is 48.5 Å². The van der Waals surface area contributed by atoms with E-state index in [9.17, 15) is 28.8 Å². The Morgan fingerprint density at radius 2 is 0.949 bits per heavy atom. The molecule has 4 aliphatic heterocycles. The molecule has 0 bridgehead atoms. The maximum absolute atomic E-state index is 14.7. The molecule has 9 rings (SSSR count). The molecule has 20 heteroatoms. The minimum Gasteiger partial charge on any atom is -0.367 e. The first kappa shape index (κ1) is 57.6. The quantitative estimate of drug-likeness (QED) is 0.0896. The molecule has 0 radical (unpaired) electrons. The number of hydrogen-bond acceptors (Lipinski definition) is 12. The number of hydrogen-bond donors (Lipinski definition) is 8. The van der Waals surface area contributed by atoms with E-state index in [1.165, 1.54) is 0 Å². The summed E-state index contributed by atoms with van der Waals surface area (Å²) in [4.78, 5) is 91.3. The van der Waals surface area contributed by atoms with Crippen LogP contribution in [0.2, 0.25) is 0 Å². The average molecular weight is 1140 g/mol. The predicted molar refractivity (Wildman–Crippen MR) is 315 cm³/mol. The number of likely N-dealkylation sites (N-methyl/N-ethyl adjacent to an activating group) is 2. The fourth-order valence-corrected chi connectivity index (χ4v) is 16.1. The third-order valence-corrected chi connectivity index (χ3v) is 20.5. The Morgan fingerprint density at radius 1 is 0.577 bits per heavy atom. The van der Waals surface area contributed by atoms with E-state index >= 15 is 0 Å². The lowest BCUT2D eigenvalue weighted by atomic mass is 9.83. The lowest BCUT2D eigenvalue weighted by Gasteiger charge is -2.35. The van der Waals surface area contributed by atoms with Crippen LogP contribution < -0.4 is 42.5 Å². The molecule has 16 nitrogen and oxygen atoms in total. The first-order valence-electron chi connectivity index (χ1n) is 27.4. The van der Waals surface area contributed by atoms with E-state index in [2.05, 4.69) is 42.5 Å². The Bertz CT molecular complexity index is 2630. The van der Waals surface area contributed by atoms with Crippen molar-refractivity contribution in [2.45, 2.75) is 152 Å². The molecule has 0 aromatic heterocycles. The van der Waals surface area contributed by atoms with Gasteiger partial charge in [-0.3, -0.25) is 28.8 Å². The van der Waals surface area contributed by atoms with Gasteiger partial charge in [0.25, 0.3) is 0 Å². The molecule has 3 aromatic rings. The number of carbonyl (C=O) groups is 6. The first-order chi connectivity index (χ1) is 37.2. The molecule has 2 aliphatic carbocycles. The molecule has 418 valence electrons. The fraction of sp³-hybridized carbons (Fsp3) is 0.552. The number of nitrogens with zero attached hydrogens (tertiary/aromatic N) is 2. The zero-order valence-electron chi connectivity index (χ0n) is 45.9. The number of carbonyl (C=O) groups excluding carboxylic acids is 6. The molecule has 6 amide bonds. The Hall–Kier alpha value is -5.12. The highest BCUT2D eigenvalue weighted by molar-refractivity contribution is 8.00. The van der Waals surface area contributed by atoms with Gasteiger partial charge in [0.1, 0.15) is 24.2 Å². The van der Waals surface area contributed by atoms with Gasteiger partial charge in [-0.1, -0.05) is 125 Å². The van der Waals surface area contributed by atoms with Crippen molar-refractivity contribution in [1.82, 2.24) is 52.3 Å². The van der Waals surface area contributed by atoms with E-state index in [1.54, 1.807) is 33.3 Å². The predicted octanol–water partition coefficient (Wildman–Crippen LogP) is 4.95. The van der Waals surface area contributed by atoms with Gasteiger partial charge < -0.3 is 52.3 Å². The summed E-state index contributed by atoms with van der Waals surface area (Å²) < 4.78 is 0. The minimum atomic E-state index is -0.749. The zero-order valence-corrected chi connectivity index (χ0v) is 49.2. The van der Waals surface area contributed by atoms with Crippen molar-refractivity contribution in [3.05, 3.63) is 106 Å². The number of thiocarbonyl (C=S) groups is 2. The van der Waals surface area contributed by atoms with Crippen LogP contribution in [0.5, 0.6) is 0 Å². The van der Waals surface area contributed by atoms with Crippen molar-refractivity contribution in [3.8, 4) is 0 Å². The standard InChI is InChI=1S/C58H76N10O6S4/c1-31(59-7)53(75)63-41-21-23-77-43-27-57(3,4)47(67(43)55(41)73)51(71)65-45-37-15-11-9-13-35(37)25-39(45)49(69)61-29-33-17-19-34(20-18-33)30-62-50(70)40-26-36-14-10-12-16-38(36)46(40)66-52(72)48-58(5,6)28-44-68(48)56(74)42(22-24-78-44)64-54(76)32(2)60-8/h9-20,31-32,39-48,59-60H,21-30H2,1-8H3,(H,61,69)(H,62,70)(H,63,75)(H,64,76)(H,65,71)(H,66,72)/t31-,32-,39+,40+,41-,42-,43?,44?,45-,46-,47+,48+/m0/s1. The largest absolute Gasteiger partial charge is 0.367 e. The van der Waals surface area contributed by atoms with Crippen LogP contribution in [0.4, 0.5) is 0 Å². The molecule has 0 spiro atoms. The summed E-state index contributed by atoms with van der Waals surface area (Å²) >= 11 is 14.7. The highest BCUT2D eigenvalue weighted by atomic mass is 32.2. The summed E-state index contributed by atoms with van der Waals surface area (Å²) in [6, 6.07) is 19.3. The highest BCUT2D eigenvalue weighted by Crippen LogP contribution is 2.49. The van der Waals surface area contributed by atoms with Crippen molar-refractivity contribution < 1.29 is 28.8 Å². The number of nitrogens with one attached hydrogen (secondary N) is 8. The molecule has 3 aromatic carbocycles. The van der Waals surface area contributed by atoms with E-state index < -0.39 is 58.9 Å². The van der Waals surface area contributed by atoms with E-state index in [1.807, 2.05) is 128 Å². The number of amides is 6. The molecule has 2 unspecified atom stereocenters. The molecular formula is C58H76N10O6S4. The van der Waals surface area contributed by atoms with E-state index in [0.717, 1.165) is 44.9 Å². The third kappa shape index (κ3) is 11.9. The molecule has 0 saturated carbocycles. The summed E-state index contributed by atoms with van der Waals surface area (Å²) in [7, 11) is 3.64. The number of benzene rings is 3. The summed E-state index contributed by atoms with van der Waals surface area (Å²) in [5, 5.41) is 25.4. The minimum absolute atomic E-state index is 0.117. The van der Waals surface area contributed by atoms with Crippen LogP contribution in [0.3, 0.4) is 0 Å². The van der Waals surface area contributed by atoms with Crippen molar-refractivity contribution in [1.29, 1.82) is 0 Å². The summed E-state index contributed by atoms with van der Waals surface area (Å²) in [5.41, 5.74) is 4.45. The number of fused-ring (bicyclic) bond motifs is 4. The Morgan fingerprint density at radius 3 is 1.32 bits per heavy atom. The Kier molecular flexibility index (Phi) is 17.6. The van der Waals surface area contributed by atoms with Gasteiger partial charge in [-0.25, -0.2) is 0 Å². The molecule has 6 aliphatic rings. The highest BCUT2D eigenvalue weighted by Gasteiger charge is 2.57. The third-order valence-electron chi connectivity index (χ3n) is 17.1. The van der Waals surface area contributed by atoms with Crippen molar-refractivity contribution in [3.63, 3.8) is 0 Å². The second kappa shape index (κ2) is 23.9. The normalized spacial score (nSPS) is 28.4. The Labute approximate surface area is 478 Å². The van der Waals surface area contributed by atoms with Gasteiger partial charge in [0.05, 0.1) is 56.7 Å². The van der Waals surface area contributed by atoms with Crippen molar-refractivity contribution in [2.24, 2.45) is 22.7 Å². The van der Waals surface area contributed by atoms with Crippen LogP contribution in [0.25, 0.3) is 0 Å². The van der Waals surface area contributed by atoms with Gasteiger partial charge in [-0.15, -0.1) is 23.5 Å². The monoisotopic (exact) mass is 1140 g/mol. The lowest BCUT2D eigenvalue weighted by Crippen LogP contribution is -2.58. The molecule has 12 atom stereocenters. The molecule has 4 heterocycles. The van der Waals surface area contributed by atoms with Crippen LogP contribution in [0.15, 0.2) is 72.8 Å². The molecule has 4 saturated heterocycles. The summed E-state index contributed by atoms with van der Waals surface area (Å²) in [6.45, 7) is 12.5.